The summed E-state index contributed by atoms with van der Waals surface area (Å²) in [5, 5.41) is 4.77. The summed E-state index contributed by atoms with van der Waals surface area (Å²) < 4.78 is 0. The zero-order chi connectivity index (χ0) is 13.3. The highest BCUT2D eigenvalue weighted by atomic mass is 32.1. The van der Waals surface area contributed by atoms with E-state index in [1.165, 1.54) is 0 Å². The van der Waals surface area contributed by atoms with Crippen molar-refractivity contribution < 1.29 is 9.59 Å². The fraction of sp³-hybridized carbons (Fsp3) is 0.538. The van der Waals surface area contributed by atoms with E-state index in [9.17, 15) is 9.59 Å². The molecular weight excluding hydrogens is 248 g/mol. The first kappa shape index (κ1) is 13.1. The van der Waals surface area contributed by atoms with Crippen LogP contribution in [0.4, 0.5) is 0 Å². The lowest BCUT2D eigenvalue weighted by molar-refractivity contribution is -0.156. The zero-order valence-corrected chi connectivity index (χ0v) is 11.7. The molecule has 18 heavy (non-hydrogen) atoms. The molecule has 1 aliphatic heterocycles. The number of amides is 2. The van der Waals surface area contributed by atoms with Crippen LogP contribution in [-0.4, -0.2) is 28.3 Å². The van der Waals surface area contributed by atoms with Crippen LogP contribution in [0, 0.1) is 0 Å². The van der Waals surface area contributed by atoms with Crippen LogP contribution in [0.1, 0.15) is 32.1 Å². The monoisotopic (exact) mass is 266 g/mol. The van der Waals surface area contributed by atoms with E-state index in [1.807, 2.05) is 24.4 Å². The van der Waals surface area contributed by atoms with Gasteiger partial charge < -0.3 is 10.2 Å². The molecule has 2 amide bonds. The maximum absolute atomic E-state index is 12.4. The molecule has 1 aromatic heterocycles. The SMILES string of the molecule is CCC1NC(=O)C(C)(C)N(Cc2cccs2)C1=O. The van der Waals surface area contributed by atoms with Crippen LogP contribution in [0.15, 0.2) is 17.5 Å². The number of nitrogens with zero attached hydrogens (tertiary/aromatic N) is 1. The van der Waals surface area contributed by atoms with E-state index in [2.05, 4.69) is 5.32 Å². The minimum atomic E-state index is -0.785. The number of nitrogens with one attached hydrogen (secondary N) is 1. The average Bonchev–Trinajstić information content (AvgIpc) is 2.82. The summed E-state index contributed by atoms with van der Waals surface area (Å²) >= 11 is 1.60. The van der Waals surface area contributed by atoms with E-state index in [0.717, 1.165) is 4.88 Å². The van der Waals surface area contributed by atoms with E-state index in [4.69, 9.17) is 0 Å². The van der Waals surface area contributed by atoms with E-state index < -0.39 is 5.54 Å². The number of carbonyl (C=O) groups is 2. The Morgan fingerprint density at radius 3 is 2.72 bits per heavy atom. The standard InChI is InChI=1S/C13H18N2O2S/c1-4-10-11(16)15(8-9-6-5-7-18-9)13(2,3)12(17)14-10/h5-7,10H,4,8H2,1-3H3,(H,14,17). The van der Waals surface area contributed by atoms with Crippen LogP contribution in [0.3, 0.4) is 0 Å². The normalized spacial score (nSPS) is 23.1. The van der Waals surface area contributed by atoms with Crippen molar-refractivity contribution in [2.75, 3.05) is 0 Å². The number of piperazine rings is 1. The number of hydrogen-bond donors (Lipinski definition) is 1. The molecular formula is C13H18N2O2S. The lowest BCUT2D eigenvalue weighted by Crippen LogP contribution is -2.67. The number of hydrogen-bond acceptors (Lipinski definition) is 3. The lowest BCUT2D eigenvalue weighted by atomic mass is 9.94. The van der Waals surface area contributed by atoms with Crippen molar-refractivity contribution in [1.29, 1.82) is 0 Å². The number of carbonyl (C=O) groups excluding carboxylic acids is 2. The molecule has 0 saturated carbocycles. The van der Waals surface area contributed by atoms with Crippen LogP contribution in [-0.2, 0) is 16.1 Å². The minimum absolute atomic E-state index is 0.00972. The fourth-order valence-corrected chi connectivity index (χ4v) is 2.79. The smallest absolute Gasteiger partial charge is 0.246 e. The molecule has 1 aliphatic rings. The first-order valence-corrected chi connectivity index (χ1v) is 6.99. The molecule has 0 bridgehead atoms. The topological polar surface area (TPSA) is 49.4 Å². The lowest BCUT2D eigenvalue weighted by Gasteiger charge is -2.44. The molecule has 5 heteroatoms. The van der Waals surface area contributed by atoms with Crippen molar-refractivity contribution in [2.24, 2.45) is 0 Å². The second-order valence-corrected chi connectivity index (χ2v) is 6.03. The molecule has 1 atom stereocenters. The molecule has 1 fully saturated rings. The Morgan fingerprint density at radius 1 is 1.44 bits per heavy atom. The summed E-state index contributed by atoms with van der Waals surface area (Å²) in [6.45, 7) is 6.00. The Hall–Kier alpha value is -1.36. The van der Waals surface area contributed by atoms with Crippen LogP contribution in [0.25, 0.3) is 0 Å². The van der Waals surface area contributed by atoms with Gasteiger partial charge in [0, 0.05) is 4.88 Å². The Balaban J connectivity index is 2.27. The Morgan fingerprint density at radius 2 is 2.17 bits per heavy atom. The van der Waals surface area contributed by atoms with E-state index in [0.29, 0.717) is 13.0 Å². The van der Waals surface area contributed by atoms with Crippen molar-refractivity contribution in [3.8, 4) is 0 Å². The molecule has 4 nitrogen and oxygen atoms in total. The van der Waals surface area contributed by atoms with Gasteiger partial charge in [0.1, 0.15) is 11.6 Å². The van der Waals surface area contributed by atoms with Gasteiger partial charge in [-0.25, -0.2) is 0 Å². The zero-order valence-electron chi connectivity index (χ0n) is 10.9. The Kier molecular flexibility index (Phi) is 3.43. The largest absolute Gasteiger partial charge is 0.342 e. The maximum Gasteiger partial charge on any atom is 0.246 e. The average molecular weight is 266 g/mol. The number of rotatable bonds is 3. The van der Waals surface area contributed by atoms with E-state index in [1.54, 1.807) is 30.1 Å². The third-order valence-electron chi connectivity index (χ3n) is 3.40. The first-order valence-electron chi connectivity index (χ1n) is 6.11. The summed E-state index contributed by atoms with van der Waals surface area (Å²) in [5.41, 5.74) is -0.785. The van der Waals surface area contributed by atoms with E-state index in [-0.39, 0.29) is 17.9 Å². The van der Waals surface area contributed by atoms with Gasteiger partial charge in [-0.3, -0.25) is 9.59 Å². The first-order chi connectivity index (χ1) is 8.46. The minimum Gasteiger partial charge on any atom is -0.342 e. The summed E-state index contributed by atoms with van der Waals surface area (Å²) in [5.74, 6) is -0.0685. The highest BCUT2D eigenvalue weighted by molar-refractivity contribution is 7.09. The molecule has 98 valence electrons. The van der Waals surface area contributed by atoms with Crippen molar-refractivity contribution in [2.45, 2.75) is 45.3 Å². The van der Waals surface area contributed by atoms with Gasteiger partial charge in [-0.05, 0) is 31.7 Å². The maximum atomic E-state index is 12.4. The summed E-state index contributed by atoms with van der Waals surface area (Å²) in [7, 11) is 0. The van der Waals surface area contributed by atoms with Crippen LogP contribution >= 0.6 is 11.3 Å². The highest BCUT2D eigenvalue weighted by Crippen LogP contribution is 2.25. The van der Waals surface area contributed by atoms with Gasteiger partial charge in [0.25, 0.3) is 0 Å². The van der Waals surface area contributed by atoms with Gasteiger partial charge in [-0.15, -0.1) is 11.3 Å². The number of thiophene rings is 1. The van der Waals surface area contributed by atoms with Gasteiger partial charge in [0.05, 0.1) is 6.54 Å². The highest BCUT2D eigenvalue weighted by Gasteiger charge is 2.45. The van der Waals surface area contributed by atoms with E-state index >= 15 is 0 Å². The van der Waals surface area contributed by atoms with Crippen LogP contribution in [0.2, 0.25) is 0 Å². The van der Waals surface area contributed by atoms with Gasteiger partial charge in [0.15, 0.2) is 0 Å². The Bertz CT molecular complexity index is 454. The van der Waals surface area contributed by atoms with Crippen molar-refractivity contribution in [3.05, 3.63) is 22.4 Å². The van der Waals surface area contributed by atoms with Gasteiger partial charge in [-0.1, -0.05) is 13.0 Å². The molecule has 0 aromatic carbocycles. The summed E-state index contributed by atoms with van der Waals surface area (Å²) in [4.78, 5) is 27.2. The third kappa shape index (κ3) is 2.14. The molecule has 2 rings (SSSR count). The quantitative estimate of drug-likeness (QED) is 0.906. The van der Waals surface area contributed by atoms with Crippen molar-refractivity contribution >= 4 is 23.2 Å². The van der Waals surface area contributed by atoms with Gasteiger partial charge >= 0.3 is 0 Å². The van der Waals surface area contributed by atoms with Crippen LogP contribution in [0.5, 0.6) is 0 Å². The molecule has 1 aromatic rings. The molecule has 0 radical (unpaired) electrons. The van der Waals surface area contributed by atoms with Crippen molar-refractivity contribution in [1.82, 2.24) is 10.2 Å². The predicted octanol–water partition coefficient (Wildman–Crippen LogP) is 1.76. The summed E-state index contributed by atoms with van der Waals surface area (Å²) in [6, 6.07) is 3.56. The van der Waals surface area contributed by atoms with Crippen LogP contribution < -0.4 is 5.32 Å². The predicted molar refractivity (Wildman–Crippen MR) is 71.2 cm³/mol. The molecule has 2 heterocycles. The molecule has 1 unspecified atom stereocenters. The van der Waals surface area contributed by atoms with Gasteiger partial charge in [-0.2, -0.15) is 0 Å². The van der Waals surface area contributed by atoms with Crippen molar-refractivity contribution in [3.63, 3.8) is 0 Å². The molecule has 1 saturated heterocycles. The second kappa shape index (κ2) is 4.72. The molecule has 0 spiro atoms. The fourth-order valence-electron chi connectivity index (χ4n) is 2.09. The molecule has 1 N–H and O–H groups in total. The molecule has 0 aliphatic carbocycles. The third-order valence-corrected chi connectivity index (χ3v) is 4.26. The Labute approximate surface area is 111 Å². The second-order valence-electron chi connectivity index (χ2n) is 5.00. The summed E-state index contributed by atoms with van der Waals surface area (Å²) in [6.07, 6.45) is 0.627. The van der Waals surface area contributed by atoms with Gasteiger partial charge in [0.2, 0.25) is 11.8 Å².